The van der Waals surface area contributed by atoms with Gasteiger partial charge in [0.05, 0.1) is 5.30 Å². The van der Waals surface area contributed by atoms with Crippen LogP contribution in [0.15, 0.2) is 53.0 Å². The molecule has 2 aromatic rings. The zero-order valence-corrected chi connectivity index (χ0v) is 13.1. The molecule has 2 aromatic carbocycles. The molecule has 19 heavy (non-hydrogen) atoms. The van der Waals surface area contributed by atoms with E-state index in [1.54, 1.807) is 12.1 Å². The van der Waals surface area contributed by atoms with Gasteiger partial charge in [0.25, 0.3) is 0 Å². The quantitative estimate of drug-likeness (QED) is 0.781. The third-order valence-corrected chi connectivity index (χ3v) is 5.26. The first-order valence-electron chi connectivity index (χ1n) is 5.67. The maximum Gasteiger partial charge on any atom is 0.360 e. The molecule has 0 atom stereocenters. The van der Waals surface area contributed by atoms with E-state index in [-0.39, 0.29) is 0 Å². The van der Waals surface area contributed by atoms with Crippen LogP contribution in [0.5, 0.6) is 0 Å². The van der Waals surface area contributed by atoms with Crippen molar-refractivity contribution in [1.29, 1.82) is 0 Å². The van der Waals surface area contributed by atoms with Crippen molar-refractivity contribution < 1.29 is 13.6 Å². The molecular weight excluding hydrogens is 327 g/mol. The summed E-state index contributed by atoms with van der Waals surface area (Å²) in [5, 5.41) is 0.554. The van der Waals surface area contributed by atoms with Gasteiger partial charge in [-0.05, 0) is 35.4 Å². The molecule has 5 heteroatoms. The number of benzene rings is 2. The second-order valence-corrected chi connectivity index (χ2v) is 7.07. The normalized spacial score (nSPS) is 11.5. The molecule has 0 aromatic heterocycles. The average Bonchev–Trinajstić information content (AvgIpc) is 2.47. The molecule has 0 unspecified atom stereocenters. The van der Waals surface area contributed by atoms with E-state index in [9.17, 15) is 4.57 Å². The fraction of sp³-hybridized carbons (Fsp3) is 0.143. The fourth-order valence-electron chi connectivity index (χ4n) is 1.76. The van der Waals surface area contributed by atoms with E-state index >= 15 is 0 Å². The Bertz CT molecular complexity index is 585. The Balaban J connectivity index is 2.33. The molecule has 0 aliphatic rings. The van der Waals surface area contributed by atoms with Gasteiger partial charge in [0.1, 0.15) is 0 Å². The van der Waals surface area contributed by atoms with E-state index in [2.05, 4.69) is 15.9 Å². The van der Waals surface area contributed by atoms with Crippen LogP contribution >= 0.6 is 23.5 Å². The number of hydrogen-bond donors (Lipinski definition) is 0. The molecule has 0 bridgehead atoms. The molecule has 2 rings (SSSR count). The maximum atomic E-state index is 12.2. The molecule has 0 radical (unpaired) electrons. The Hall–Kier alpha value is -0.930. The van der Waals surface area contributed by atoms with E-state index in [0.29, 0.717) is 5.30 Å². The zero-order chi connectivity index (χ0) is 13.9. The standard InChI is InChI=1S/C14H14BrO3P/c1-17-19(16,18-2)14-9-5-12(6-10-14)11-3-7-13(15)8-4-11/h3-10H,1-2H3. The van der Waals surface area contributed by atoms with Crippen LogP contribution in [0.4, 0.5) is 0 Å². The lowest BCUT2D eigenvalue weighted by Gasteiger charge is -2.14. The van der Waals surface area contributed by atoms with E-state index in [0.717, 1.165) is 15.6 Å². The van der Waals surface area contributed by atoms with Crippen molar-refractivity contribution in [2.75, 3.05) is 14.2 Å². The van der Waals surface area contributed by atoms with Crippen molar-refractivity contribution in [2.45, 2.75) is 0 Å². The Morgan fingerprint density at radius 2 is 1.26 bits per heavy atom. The van der Waals surface area contributed by atoms with Crippen LogP contribution in [0.25, 0.3) is 11.1 Å². The number of hydrogen-bond acceptors (Lipinski definition) is 3. The van der Waals surface area contributed by atoms with Crippen molar-refractivity contribution in [3.63, 3.8) is 0 Å². The highest BCUT2D eigenvalue weighted by molar-refractivity contribution is 9.10. The lowest BCUT2D eigenvalue weighted by atomic mass is 10.1. The SMILES string of the molecule is COP(=O)(OC)c1ccc(-c2ccc(Br)cc2)cc1. The zero-order valence-electron chi connectivity index (χ0n) is 10.7. The monoisotopic (exact) mass is 340 g/mol. The van der Waals surface area contributed by atoms with Crippen molar-refractivity contribution in [3.8, 4) is 11.1 Å². The van der Waals surface area contributed by atoms with Crippen LogP contribution < -0.4 is 5.30 Å². The smallest absolute Gasteiger partial charge is 0.309 e. The summed E-state index contributed by atoms with van der Waals surface area (Å²) in [6.07, 6.45) is 0. The largest absolute Gasteiger partial charge is 0.360 e. The summed E-state index contributed by atoms with van der Waals surface area (Å²) in [7, 11) is -0.397. The highest BCUT2D eigenvalue weighted by atomic mass is 79.9. The van der Waals surface area contributed by atoms with Crippen molar-refractivity contribution in [2.24, 2.45) is 0 Å². The molecule has 0 aliphatic carbocycles. The van der Waals surface area contributed by atoms with Crippen LogP contribution in [0.2, 0.25) is 0 Å². The molecule has 0 fully saturated rings. The second kappa shape index (κ2) is 6.02. The van der Waals surface area contributed by atoms with E-state index in [1.807, 2.05) is 36.4 Å². The van der Waals surface area contributed by atoms with E-state index in [4.69, 9.17) is 9.05 Å². The first kappa shape index (κ1) is 14.5. The molecule has 0 saturated heterocycles. The highest BCUT2D eigenvalue weighted by Gasteiger charge is 2.23. The molecule has 0 saturated carbocycles. The van der Waals surface area contributed by atoms with Gasteiger partial charge in [0, 0.05) is 18.7 Å². The average molecular weight is 341 g/mol. The van der Waals surface area contributed by atoms with Crippen LogP contribution in [0.3, 0.4) is 0 Å². The Labute approximate surface area is 121 Å². The molecule has 0 amide bonds. The first-order chi connectivity index (χ1) is 9.09. The Morgan fingerprint density at radius 3 is 1.68 bits per heavy atom. The maximum absolute atomic E-state index is 12.2. The van der Waals surface area contributed by atoms with Gasteiger partial charge in [-0.15, -0.1) is 0 Å². The number of rotatable bonds is 4. The van der Waals surface area contributed by atoms with Crippen LogP contribution in [-0.4, -0.2) is 14.2 Å². The minimum atomic E-state index is -3.16. The summed E-state index contributed by atoms with van der Waals surface area (Å²) in [6, 6.07) is 15.4. The topological polar surface area (TPSA) is 35.5 Å². The van der Waals surface area contributed by atoms with Gasteiger partial charge in [0.15, 0.2) is 0 Å². The molecule has 0 spiro atoms. The van der Waals surface area contributed by atoms with Gasteiger partial charge >= 0.3 is 7.60 Å². The van der Waals surface area contributed by atoms with Crippen LogP contribution in [0.1, 0.15) is 0 Å². The van der Waals surface area contributed by atoms with E-state index in [1.165, 1.54) is 14.2 Å². The molecule has 0 aliphatic heterocycles. The predicted octanol–water partition coefficient (Wildman–Crippen LogP) is 4.23. The van der Waals surface area contributed by atoms with Crippen molar-refractivity contribution >= 4 is 28.8 Å². The second-order valence-electron chi connectivity index (χ2n) is 3.92. The molecular formula is C14H14BrO3P. The van der Waals surface area contributed by atoms with Gasteiger partial charge in [0.2, 0.25) is 0 Å². The highest BCUT2D eigenvalue weighted by Crippen LogP contribution is 2.45. The van der Waals surface area contributed by atoms with Crippen molar-refractivity contribution in [1.82, 2.24) is 0 Å². The molecule has 0 heterocycles. The molecule has 0 N–H and O–H groups in total. The van der Waals surface area contributed by atoms with Crippen LogP contribution in [0, 0.1) is 0 Å². The summed E-state index contributed by atoms with van der Waals surface area (Å²) < 4.78 is 23.2. The summed E-state index contributed by atoms with van der Waals surface area (Å²) in [4.78, 5) is 0. The summed E-state index contributed by atoms with van der Waals surface area (Å²) in [5.41, 5.74) is 2.15. The molecule has 100 valence electrons. The van der Waals surface area contributed by atoms with Gasteiger partial charge < -0.3 is 9.05 Å². The van der Waals surface area contributed by atoms with Gasteiger partial charge in [-0.2, -0.15) is 0 Å². The summed E-state index contributed by atoms with van der Waals surface area (Å²) >= 11 is 3.40. The third-order valence-electron chi connectivity index (χ3n) is 2.84. The lowest BCUT2D eigenvalue weighted by molar-refractivity contribution is 0.287. The van der Waals surface area contributed by atoms with Gasteiger partial charge in [-0.3, -0.25) is 4.57 Å². The molecule has 3 nitrogen and oxygen atoms in total. The van der Waals surface area contributed by atoms with Gasteiger partial charge in [-0.25, -0.2) is 0 Å². The lowest BCUT2D eigenvalue weighted by Crippen LogP contribution is -2.07. The van der Waals surface area contributed by atoms with Crippen molar-refractivity contribution in [3.05, 3.63) is 53.0 Å². The number of halogens is 1. The summed E-state index contributed by atoms with van der Waals surface area (Å²) in [5.74, 6) is 0. The third kappa shape index (κ3) is 3.15. The van der Waals surface area contributed by atoms with Crippen LogP contribution in [-0.2, 0) is 13.6 Å². The van der Waals surface area contributed by atoms with E-state index < -0.39 is 7.60 Å². The van der Waals surface area contributed by atoms with Gasteiger partial charge in [-0.1, -0.05) is 40.2 Å². The Kier molecular flexibility index (Phi) is 4.58. The minimum Gasteiger partial charge on any atom is -0.309 e. The summed E-state index contributed by atoms with van der Waals surface area (Å²) in [6.45, 7) is 0. The minimum absolute atomic E-state index is 0.554. The first-order valence-corrected chi connectivity index (χ1v) is 8.01. The fourth-order valence-corrected chi connectivity index (χ4v) is 3.11. The predicted molar refractivity (Wildman–Crippen MR) is 80.8 cm³/mol. The Morgan fingerprint density at radius 1 is 0.842 bits per heavy atom.